The standard InChI is InChI=1S/C19H23N3O5S2/c1-13-11-17(22-18(23)9-10-28(22,24)25)12-14(2)19(13)29(26,27)20-15-5-7-16(8-6-15)21(3)4/h5-8,11-12,20H,9-10H2,1-4H3. The normalized spacial score (nSPS) is 16.1. The van der Waals surface area contributed by atoms with E-state index in [-0.39, 0.29) is 22.8 Å². The van der Waals surface area contributed by atoms with Crippen molar-refractivity contribution in [2.45, 2.75) is 25.2 Å². The molecule has 2 aromatic carbocycles. The molecule has 0 spiro atoms. The Kier molecular flexibility index (Phi) is 5.35. The Balaban J connectivity index is 1.97. The first-order chi connectivity index (χ1) is 13.4. The van der Waals surface area contributed by atoms with Crippen molar-refractivity contribution in [1.29, 1.82) is 0 Å². The van der Waals surface area contributed by atoms with Crippen molar-refractivity contribution in [3.8, 4) is 0 Å². The molecule has 29 heavy (non-hydrogen) atoms. The number of rotatable bonds is 5. The maximum Gasteiger partial charge on any atom is 0.262 e. The van der Waals surface area contributed by atoms with Crippen molar-refractivity contribution in [2.75, 3.05) is 33.8 Å². The van der Waals surface area contributed by atoms with Gasteiger partial charge in [-0.15, -0.1) is 0 Å². The van der Waals surface area contributed by atoms with Crippen molar-refractivity contribution in [3.63, 3.8) is 0 Å². The van der Waals surface area contributed by atoms with Gasteiger partial charge in [-0.25, -0.2) is 21.1 Å². The van der Waals surface area contributed by atoms with Gasteiger partial charge in [0.2, 0.25) is 15.9 Å². The lowest BCUT2D eigenvalue weighted by Crippen LogP contribution is -2.29. The lowest BCUT2D eigenvalue weighted by atomic mass is 10.1. The minimum Gasteiger partial charge on any atom is -0.378 e. The van der Waals surface area contributed by atoms with Gasteiger partial charge in [-0.2, -0.15) is 0 Å². The maximum atomic E-state index is 13.0. The fourth-order valence-corrected chi connectivity index (χ4v) is 6.33. The Labute approximate surface area is 171 Å². The number of nitrogens with one attached hydrogen (secondary N) is 1. The molecule has 0 aromatic heterocycles. The minimum absolute atomic E-state index is 0.0574. The van der Waals surface area contributed by atoms with E-state index in [4.69, 9.17) is 0 Å². The summed E-state index contributed by atoms with van der Waals surface area (Å²) in [7, 11) is -3.85. The Morgan fingerprint density at radius 2 is 1.59 bits per heavy atom. The second kappa shape index (κ2) is 7.34. The number of amides is 1. The maximum absolute atomic E-state index is 13.0. The van der Waals surface area contributed by atoms with Crippen LogP contribution in [0.4, 0.5) is 17.1 Å². The summed E-state index contributed by atoms with van der Waals surface area (Å²) in [6.07, 6.45) is -0.0784. The highest BCUT2D eigenvalue weighted by Gasteiger charge is 2.37. The Hall–Kier alpha value is -2.59. The van der Waals surface area contributed by atoms with E-state index in [1.165, 1.54) is 12.1 Å². The zero-order valence-electron chi connectivity index (χ0n) is 16.6. The first kappa shape index (κ1) is 21.1. The van der Waals surface area contributed by atoms with Crippen molar-refractivity contribution in [3.05, 3.63) is 47.5 Å². The van der Waals surface area contributed by atoms with E-state index >= 15 is 0 Å². The lowest BCUT2D eigenvalue weighted by Gasteiger charge is -2.19. The van der Waals surface area contributed by atoms with Gasteiger partial charge in [0.1, 0.15) is 0 Å². The molecule has 0 radical (unpaired) electrons. The largest absolute Gasteiger partial charge is 0.378 e. The molecule has 1 aliphatic rings. The number of anilines is 3. The SMILES string of the molecule is Cc1cc(N2C(=O)CCS2(=O)=O)cc(C)c1S(=O)(=O)Nc1ccc(N(C)C)cc1. The molecule has 0 unspecified atom stereocenters. The Morgan fingerprint density at radius 1 is 1.03 bits per heavy atom. The first-order valence-corrected chi connectivity index (χ1v) is 12.0. The lowest BCUT2D eigenvalue weighted by molar-refractivity contribution is -0.116. The third-order valence-electron chi connectivity index (χ3n) is 4.66. The molecule has 10 heteroatoms. The zero-order chi connectivity index (χ0) is 21.6. The molecule has 1 amide bonds. The summed E-state index contributed by atoms with van der Waals surface area (Å²) in [4.78, 5) is 14.0. The number of benzene rings is 2. The number of nitrogens with zero attached hydrogens (tertiary/aromatic N) is 2. The molecule has 3 rings (SSSR count). The Morgan fingerprint density at radius 3 is 2.03 bits per heavy atom. The molecule has 1 saturated heterocycles. The smallest absolute Gasteiger partial charge is 0.262 e. The topological polar surface area (TPSA) is 104 Å². The van der Waals surface area contributed by atoms with Crippen LogP contribution in [0.2, 0.25) is 0 Å². The van der Waals surface area contributed by atoms with Gasteiger partial charge < -0.3 is 4.90 Å². The monoisotopic (exact) mass is 437 g/mol. The molecule has 0 atom stereocenters. The van der Waals surface area contributed by atoms with Crippen LogP contribution in [0.1, 0.15) is 17.5 Å². The number of aryl methyl sites for hydroxylation is 2. The molecule has 1 fully saturated rings. The highest BCUT2D eigenvalue weighted by Crippen LogP contribution is 2.32. The van der Waals surface area contributed by atoms with E-state index in [9.17, 15) is 21.6 Å². The summed E-state index contributed by atoms with van der Waals surface area (Å²) in [6, 6.07) is 9.76. The van der Waals surface area contributed by atoms with Crippen LogP contribution in [0.15, 0.2) is 41.3 Å². The van der Waals surface area contributed by atoms with Crippen LogP contribution in [0.5, 0.6) is 0 Å². The van der Waals surface area contributed by atoms with Gasteiger partial charge in [0.15, 0.2) is 0 Å². The van der Waals surface area contributed by atoms with Crippen molar-refractivity contribution >= 4 is 43.0 Å². The van der Waals surface area contributed by atoms with Crippen LogP contribution in [0.25, 0.3) is 0 Å². The second-order valence-corrected chi connectivity index (χ2v) is 10.7. The molecule has 2 aromatic rings. The van der Waals surface area contributed by atoms with Gasteiger partial charge in [-0.3, -0.25) is 9.52 Å². The molecule has 8 nitrogen and oxygen atoms in total. The predicted molar refractivity (Wildman–Crippen MR) is 113 cm³/mol. The van der Waals surface area contributed by atoms with E-state index in [1.54, 1.807) is 38.1 Å². The molecule has 0 aliphatic carbocycles. The number of hydrogen-bond donors (Lipinski definition) is 1. The highest BCUT2D eigenvalue weighted by molar-refractivity contribution is 7.94. The van der Waals surface area contributed by atoms with Gasteiger partial charge in [-0.05, 0) is 61.4 Å². The summed E-state index contributed by atoms with van der Waals surface area (Å²) in [6.45, 7) is 3.15. The van der Waals surface area contributed by atoms with Gasteiger partial charge in [0.25, 0.3) is 10.0 Å². The van der Waals surface area contributed by atoms with Crippen LogP contribution in [-0.2, 0) is 24.8 Å². The molecular weight excluding hydrogens is 414 g/mol. The predicted octanol–water partition coefficient (Wildman–Crippen LogP) is 2.24. The summed E-state index contributed by atoms with van der Waals surface area (Å²) in [5.41, 5.74) is 2.22. The van der Waals surface area contributed by atoms with Crippen molar-refractivity contribution in [2.24, 2.45) is 0 Å². The van der Waals surface area contributed by atoms with Gasteiger partial charge >= 0.3 is 0 Å². The number of sulfonamides is 2. The van der Waals surface area contributed by atoms with Gasteiger partial charge in [-0.1, -0.05) is 0 Å². The average Bonchev–Trinajstić information content (AvgIpc) is 2.86. The molecule has 1 N–H and O–H groups in total. The van der Waals surface area contributed by atoms with Crippen LogP contribution in [-0.4, -0.2) is 42.6 Å². The first-order valence-electron chi connectivity index (χ1n) is 8.90. The average molecular weight is 438 g/mol. The summed E-state index contributed by atoms with van der Waals surface area (Å²) in [5.74, 6) is -0.757. The van der Waals surface area contributed by atoms with Crippen LogP contribution in [0, 0.1) is 13.8 Å². The number of carbonyl (C=O) groups excluding carboxylic acids is 1. The van der Waals surface area contributed by atoms with Crippen LogP contribution in [0.3, 0.4) is 0 Å². The zero-order valence-corrected chi connectivity index (χ0v) is 18.3. The van der Waals surface area contributed by atoms with Crippen LogP contribution >= 0.6 is 0 Å². The third kappa shape index (κ3) is 4.08. The molecule has 1 heterocycles. The molecule has 0 saturated carbocycles. The molecular formula is C19H23N3O5S2. The second-order valence-electron chi connectivity index (χ2n) is 7.18. The van der Waals surface area contributed by atoms with E-state index in [2.05, 4.69) is 4.72 Å². The third-order valence-corrected chi connectivity index (χ3v) is 8.04. The fraction of sp³-hybridized carbons (Fsp3) is 0.316. The van der Waals surface area contributed by atoms with Gasteiger partial charge in [0.05, 0.1) is 16.3 Å². The Bertz CT molecular complexity index is 1150. The van der Waals surface area contributed by atoms with Gasteiger partial charge in [0, 0.05) is 31.9 Å². The van der Waals surface area contributed by atoms with Crippen LogP contribution < -0.4 is 13.9 Å². The van der Waals surface area contributed by atoms with E-state index in [1.807, 2.05) is 19.0 Å². The summed E-state index contributed by atoms with van der Waals surface area (Å²) >= 11 is 0. The number of hydrogen-bond acceptors (Lipinski definition) is 6. The van der Waals surface area contributed by atoms with Crippen molar-refractivity contribution in [1.82, 2.24) is 0 Å². The minimum atomic E-state index is -3.91. The van der Waals surface area contributed by atoms with E-state index < -0.39 is 26.0 Å². The van der Waals surface area contributed by atoms with E-state index in [0.717, 1.165) is 9.99 Å². The quantitative estimate of drug-likeness (QED) is 0.769. The van der Waals surface area contributed by atoms with Crippen molar-refractivity contribution < 1.29 is 21.6 Å². The fourth-order valence-electron chi connectivity index (χ4n) is 3.37. The molecule has 156 valence electrons. The molecule has 1 aliphatic heterocycles. The highest BCUT2D eigenvalue weighted by atomic mass is 32.2. The number of carbonyl (C=O) groups is 1. The summed E-state index contributed by atoms with van der Waals surface area (Å²) in [5, 5.41) is 0. The molecule has 0 bridgehead atoms. The van der Waals surface area contributed by atoms with E-state index in [0.29, 0.717) is 16.8 Å². The summed E-state index contributed by atoms with van der Waals surface area (Å²) < 4.78 is 53.6.